The van der Waals surface area contributed by atoms with Crippen molar-refractivity contribution in [1.29, 1.82) is 0 Å². The van der Waals surface area contributed by atoms with Crippen molar-refractivity contribution in [3.8, 4) is 0 Å². The normalized spacial score (nSPS) is 14.3. The van der Waals surface area contributed by atoms with Gasteiger partial charge in [-0.1, -0.05) is 6.07 Å². The van der Waals surface area contributed by atoms with Crippen molar-refractivity contribution in [2.75, 3.05) is 34.9 Å². The van der Waals surface area contributed by atoms with Crippen LogP contribution in [0, 0.1) is 6.92 Å². The molecule has 1 saturated heterocycles. The van der Waals surface area contributed by atoms with Gasteiger partial charge in [-0.25, -0.2) is 18.2 Å². The number of thiazole rings is 1. The number of sulfonamides is 1. The Bertz CT molecular complexity index is 1030. The van der Waals surface area contributed by atoms with Crippen molar-refractivity contribution < 1.29 is 18.0 Å². The number of aryl methyl sites for hydroxylation is 1. The molecule has 0 spiro atoms. The third kappa shape index (κ3) is 6.42. The molecule has 1 aromatic carbocycles. The number of hydrogen-bond donors (Lipinski definition) is 3. The molecule has 1 aliphatic heterocycles. The highest BCUT2D eigenvalue weighted by atomic mass is 32.2. The Balaban J connectivity index is 1.62. The number of nitrogens with zero attached hydrogens (tertiary/aromatic N) is 2. The molecule has 0 atom stereocenters. The number of carbonyl (C=O) groups is 2. The maximum atomic E-state index is 12.5. The first-order valence-corrected chi connectivity index (χ1v) is 12.4. The summed E-state index contributed by atoms with van der Waals surface area (Å²) >= 11 is 1.16. The third-order valence-electron chi connectivity index (χ3n) is 4.51. The molecule has 1 fully saturated rings. The Morgan fingerprint density at radius 1 is 1.17 bits per heavy atom. The van der Waals surface area contributed by atoms with Crippen LogP contribution in [-0.2, 0) is 21.2 Å². The van der Waals surface area contributed by atoms with Crippen molar-refractivity contribution in [3.05, 3.63) is 34.8 Å². The van der Waals surface area contributed by atoms with E-state index in [4.69, 9.17) is 0 Å². The molecule has 2 aromatic rings. The summed E-state index contributed by atoms with van der Waals surface area (Å²) in [4.78, 5) is 30.6. The van der Waals surface area contributed by atoms with E-state index in [9.17, 15) is 18.0 Å². The number of aromatic nitrogens is 1. The smallest absolute Gasteiger partial charge is 0.325 e. The van der Waals surface area contributed by atoms with Crippen LogP contribution in [0.2, 0.25) is 0 Å². The third-order valence-corrected chi connectivity index (χ3v) is 5.92. The van der Waals surface area contributed by atoms with Crippen LogP contribution in [0.15, 0.2) is 23.6 Å². The molecule has 9 nitrogen and oxygen atoms in total. The summed E-state index contributed by atoms with van der Waals surface area (Å²) in [5.41, 5.74) is 3.23. The lowest BCUT2D eigenvalue weighted by Gasteiger charge is -2.30. The molecule has 2 heterocycles. The van der Waals surface area contributed by atoms with Gasteiger partial charge in [0.2, 0.25) is 15.9 Å². The van der Waals surface area contributed by atoms with Crippen molar-refractivity contribution in [3.63, 3.8) is 0 Å². The lowest BCUT2D eigenvalue weighted by atomic mass is 10.1. The summed E-state index contributed by atoms with van der Waals surface area (Å²) < 4.78 is 24.1. The van der Waals surface area contributed by atoms with Crippen molar-refractivity contribution in [2.45, 2.75) is 32.6 Å². The van der Waals surface area contributed by atoms with Crippen LogP contribution in [-0.4, -0.2) is 44.7 Å². The van der Waals surface area contributed by atoms with Gasteiger partial charge < -0.3 is 10.2 Å². The highest BCUT2D eigenvalue weighted by molar-refractivity contribution is 7.89. The topological polar surface area (TPSA) is 120 Å². The molecule has 0 aliphatic carbocycles. The second kappa shape index (κ2) is 9.43. The zero-order valence-corrected chi connectivity index (χ0v) is 18.5. The minimum atomic E-state index is -3.61. The van der Waals surface area contributed by atoms with E-state index in [1.54, 1.807) is 5.38 Å². The van der Waals surface area contributed by atoms with Crippen LogP contribution in [0.3, 0.4) is 0 Å². The van der Waals surface area contributed by atoms with Crippen LogP contribution in [0.5, 0.6) is 0 Å². The molecular formula is C19H25N5O4S2. The van der Waals surface area contributed by atoms with Gasteiger partial charge in [-0.3, -0.25) is 14.8 Å². The van der Waals surface area contributed by atoms with Crippen LogP contribution in [0.25, 0.3) is 0 Å². The summed E-state index contributed by atoms with van der Waals surface area (Å²) in [6.45, 7) is 3.95. The van der Waals surface area contributed by atoms with E-state index in [1.807, 2.05) is 23.8 Å². The lowest BCUT2D eigenvalue weighted by molar-refractivity contribution is -0.118. The largest absolute Gasteiger partial charge is 0.370 e. The summed E-state index contributed by atoms with van der Waals surface area (Å²) in [6.07, 6.45) is 4.21. The lowest BCUT2D eigenvalue weighted by Crippen LogP contribution is -2.31. The van der Waals surface area contributed by atoms with Gasteiger partial charge in [0.1, 0.15) is 0 Å². The van der Waals surface area contributed by atoms with Crippen LogP contribution in [0.4, 0.5) is 21.3 Å². The average Bonchev–Trinajstić information content (AvgIpc) is 3.08. The van der Waals surface area contributed by atoms with Crippen molar-refractivity contribution in [1.82, 2.24) is 9.71 Å². The Hall–Kier alpha value is -2.66. The Labute approximate surface area is 179 Å². The number of rotatable bonds is 6. The number of hydrogen-bond acceptors (Lipinski definition) is 7. The minimum absolute atomic E-state index is 0.191. The van der Waals surface area contributed by atoms with E-state index in [-0.39, 0.29) is 6.42 Å². The molecule has 11 heteroatoms. The van der Waals surface area contributed by atoms with Gasteiger partial charge in [-0.15, -0.1) is 11.3 Å². The van der Waals surface area contributed by atoms with Gasteiger partial charge in [0.25, 0.3) is 0 Å². The van der Waals surface area contributed by atoms with E-state index in [1.165, 1.54) is 6.42 Å². The second-order valence-electron chi connectivity index (χ2n) is 7.27. The molecule has 0 radical (unpaired) electrons. The van der Waals surface area contributed by atoms with Gasteiger partial charge in [0, 0.05) is 18.5 Å². The standard InChI is InChI=1S/C19H25N5O4S2/c1-13-6-7-15(16(10-13)24-8-4-3-5-9-24)21-18(26)22-19-20-14(12-29-19)11-17(25)23-30(2,27)28/h6-7,10,12H,3-5,8-9,11H2,1-2H3,(H,23,25)(H2,20,21,22,26). The zero-order valence-electron chi connectivity index (χ0n) is 16.9. The number of anilines is 3. The van der Waals surface area contributed by atoms with E-state index >= 15 is 0 Å². The fraction of sp³-hybridized carbons (Fsp3) is 0.421. The number of benzene rings is 1. The molecule has 3 rings (SSSR count). The SMILES string of the molecule is Cc1ccc(NC(=O)Nc2nc(CC(=O)NS(C)(=O)=O)cs2)c(N2CCCCC2)c1. The van der Waals surface area contributed by atoms with Gasteiger partial charge in [0.15, 0.2) is 5.13 Å². The fourth-order valence-electron chi connectivity index (χ4n) is 3.25. The van der Waals surface area contributed by atoms with Crippen LogP contribution >= 0.6 is 11.3 Å². The molecular weight excluding hydrogens is 426 g/mol. The molecule has 1 aliphatic rings. The molecule has 0 unspecified atom stereocenters. The fourth-order valence-corrected chi connectivity index (χ4v) is 4.44. The summed E-state index contributed by atoms with van der Waals surface area (Å²) in [5.74, 6) is -0.676. The first-order valence-electron chi connectivity index (χ1n) is 9.58. The number of amides is 3. The molecule has 162 valence electrons. The maximum absolute atomic E-state index is 12.5. The van der Waals surface area contributed by atoms with Gasteiger partial charge in [0.05, 0.1) is 29.7 Å². The molecule has 1 aromatic heterocycles. The summed E-state index contributed by atoms with van der Waals surface area (Å²) in [6, 6.07) is 5.48. The average molecular weight is 452 g/mol. The number of urea groups is 1. The Kier molecular flexibility index (Phi) is 6.93. The quantitative estimate of drug-likeness (QED) is 0.621. The zero-order chi connectivity index (χ0) is 21.7. The molecule has 3 amide bonds. The van der Waals surface area contributed by atoms with Crippen molar-refractivity contribution >= 4 is 49.8 Å². The summed E-state index contributed by atoms with van der Waals surface area (Å²) in [5, 5.41) is 7.47. The number of carbonyl (C=O) groups excluding carboxylic acids is 2. The van der Waals surface area contributed by atoms with Gasteiger partial charge in [-0.2, -0.15) is 0 Å². The highest BCUT2D eigenvalue weighted by Crippen LogP contribution is 2.30. The predicted octanol–water partition coefficient (Wildman–Crippen LogP) is 2.70. The maximum Gasteiger partial charge on any atom is 0.325 e. The first kappa shape index (κ1) is 22.0. The van der Waals surface area contributed by atoms with E-state index in [0.29, 0.717) is 10.8 Å². The monoisotopic (exact) mass is 451 g/mol. The second-order valence-corrected chi connectivity index (χ2v) is 9.87. The van der Waals surface area contributed by atoms with E-state index in [2.05, 4.69) is 26.6 Å². The molecule has 3 N–H and O–H groups in total. The highest BCUT2D eigenvalue weighted by Gasteiger charge is 2.17. The number of nitrogens with one attached hydrogen (secondary N) is 3. The molecule has 0 saturated carbocycles. The Morgan fingerprint density at radius 2 is 1.90 bits per heavy atom. The number of piperidine rings is 1. The van der Waals surface area contributed by atoms with Crippen LogP contribution in [0.1, 0.15) is 30.5 Å². The predicted molar refractivity (Wildman–Crippen MR) is 119 cm³/mol. The van der Waals surface area contributed by atoms with Crippen molar-refractivity contribution in [2.24, 2.45) is 0 Å². The molecule has 30 heavy (non-hydrogen) atoms. The van der Waals surface area contributed by atoms with Crippen LogP contribution < -0.4 is 20.3 Å². The summed E-state index contributed by atoms with van der Waals surface area (Å²) in [7, 11) is -3.61. The van der Waals surface area contributed by atoms with E-state index in [0.717, 1.165) is 60.5 Å². The van der Waals surface area contributed by atoms with Gasteiger partial charge in [-0.05, 0) is 43.9 Å². The molecule has 0 bridgehead atoms. The minimum Gasteiger partial charge on any atom is -0.370 e. The Morgan fingerprint density at radius 3 is 2.60 bits per heavy atom. The first-order chi connectivity index (χ1) is 14.2. The van der Waals surface area contributed by atoms with E-state index < -0.39 is 22.0 Å². The van der Waals surface area contributed by atoms with Gasteiger partial charge >= 0.3 is 6.03 Å².